The largest absolute Gasteiger partial charge is 0.316 e. The molecule has 1 atom stereocenters. The molecule has 0 amide bonds. The number of allylic oxidation sites excluding steroid dienone is 2. The van der Waals surface area contributed by atoms with Crippen molar-refractivity contribution in [1.82, 2.24) is 0 Å². The Morgan fingerprint density at radius 1 is 1.33 bits per heavy atom. The molecule has 4 N–H and O–H groups in total. The molecule has 0 aromatic rings. The standard InChI is InChI=1S/C7H14N2/c8-7(9)6-4-2-1-3-5-6/h1-2,6-7H,3-5,8-9H2. The molecule has 1 unspecified atom stereocenters. The number of rotatable bonds is 1. The van der Waals surface area contributed by atoms with E-state index in [9.17, 15) is 0 Å². The van der Waals surface area contributed by atoms with Gasteiger partial charge in [0.15, 0.2) is 0 Å². The third-order valence-electron chi connectivity index (χ3n) is 1.85. The maximum Gasteiger partial charge on any atom is 0.0553 e. The van der Waals surface area contributed by atoms with Gasteiger partial charge in [-0.25, -0.2) is 0 Å². The summed E-state index contributed by atoms with van der Waals surface area (Å²) >= 11 is 0. The SMILES string of the molecule is NC(N)C1CC=CCC1. The fraction of sp³-hybridized carbons (Fsp3) is 0.714. The van der Waals surface area contributed by atoms with Crippen LogP contribution in [0.25, 0.3) is 0 Å². The van der Waals surface area contributed by atoms with Crippen molar-refractivity contribution in [2.75, 3.05) is 0 Å². The van der Waals surface area contributed by atoms with E-state index in [1.165, 1.54) is 0 Å². The highest BCUT2D eigenvalue weighted by atomic mass is 14.9. The van der Waals surface area contributed by atoms with Gasteiger partial charge in [-0.3, -0.25) is 0 Å². The van der Waals surface area contributed by atoms with E-state index in [0.29, 0.717) is 5.92 Å². The summed E-state index contributed by atoms with van der Waals surface area (Å²) in [6.45, 7) is 0. The first-order chi connectivity index (χ1) is 4.30. The van der Waals surface area contributed by atoms with E-state index in [1.807, 2.05) is 0 Å². The van der Waals surface area contributed by atoms with Crippen molar-refractivity contribution in [1.29, 1.82) is 0 Å². The van der Waals surface area contributed by atoms with Gasteiger partial charge in [-0.1, -0.05) is 12.2 Å². The average Bonchev–Trinajstić information content (AvgIpc) is 1.90. The van der Waals surface area contributed by atoms with Crippen molar-refractivity contribution >= 4 is 0 Å². The van der Waals surface area contributed by atoms with Gasteiger partial charge >= 0.3 is 0 Å². The molecule has 0 saturated heterocycles. The quantitative estimate of drug-likeness (QED) is 0.399. The molecule has 1 aliphatic rings. The van der Waals surface area contributed by atoms with Crippen molar-refractivity contribution in [2.24, 2.45) is 17.4 Å². The molecule has 1 rings (SSSR count). The molecule has 2 heteroatoms. The van der Waals surface area contributed by atoms with E-state index in [0.717, 1.165) is 19.3 Å². The normalized spacial score (nSPS) is 27.2. The van der Waals surface area contributed by atoms with Gasteiger partial charge in [0.05, 0.1) is 6.17 Å². The summed E-state index contributed by atoms with van der Waals surface area (Å²) < 4.78 is 0. The predicted molar refractivity (Wildman–Crippen MR) is 38.6 cm³/mol. The van der Waals surface area contributed by atoms with Crippen molar-refractivity contribution in [3.8, 4) is 0 Å². The molecule has 0 heterocycles. The Kier molecular flexibility index (Phi) is 2.25. The summed E-state index contributed by atoms with van der Waals surface area (Å²) in [5, 5.41) is 0. The second kappa shape index (κ2) is 2.99. The van der Waals surface area contributed by atoms with E-state index >= 15 is 0 Å². The Bertz CT molecular complexity index is 107. The van der Waals surface area contributed by atoms with Crippen LogP contribution in [-0.4, -0.2) is 6.17 Å². The Hall–Kier alpha value is -0.340. The molecule has 52 valence electrons. The van der Waals surface area contributed by atoms with Crippen LogP contribution in [0.4, 0.5) is 0 Å². The van der Waals surface area contributed by atoms with Crippen LogP contribution in [-0.2, 0) is 0 Å². The maximum absolute atomic E-state index is 5.51. The summed E-state index contributed by atoms with van der Waals surface area (Å²) in [6, 6.07) is 0. The third kappa shape index (κ3) is 1.80. The zero-order valence-corrected chi connectivity index (χ0v) is 5.59. The van der Waals surface area contributed by atoms with Crippen LogP contribution in [0.1, 0.15) is 19.3 Å². The average molecular weight is 126 g/mol. The zero-order chi connectivity index (χ0) is 6.69. The third-order valence-corrected chi connectivity index (χ3v) is 1.85. The topological polar surface area (TPSA) is 52.0 Å². The molecule has 1 aliphatic carbocycles. The van der Waals surface area contributed by atoms with Crippen LogP contribution >= 0.6 is 0 Å². The van der Waals surface area contributed by atoms with Gasteiger partial charge in [0.2, 0.25) is 0 Å². The predicted octanol–water partition coefficient (Wildman–Crippen LogP) is 0.586. The van der Waals surface area contributed by atoms with Crippen molar-refractivity contribution < 1.29 is 0 Å². The smallest absolute Gasteiger partial charge is 0.0553 e. The van der Waals surface area contributed by atoms with Crippen LogP contribution in [0, 0.1) is 5.92 Å². The highest BCUT2D eigenvalue weighted by Gasteiger charge is 2.13. The highest BCUT2D eigenvalue weighted by molar-refractivity contribution is 4.91. The summed E-state index contributed by atoms with van der Waals surface area (Å²) in [5.41, 5.74) is 11.0. The minimum Gasteiger partial charge on any atom is -0.316 e. The minimum atomic E-state index is -0.116. The fourth-order valence-corrected chi connectivity index (χ4v) is 1.17. The Morgan fingerprint density at radius 3 is 2.44 bits per heavy atom. The lowest BCUT2D eigenvalue weighted by Gasteiger charge is -2.20. The summed E-state index contributed by atoms with van der Waals surface area (Å²) in [4.78, 5) is 0. The molecule has 0 aromatic carbocycles. The van der Waals surface area contributed by atoms with E-state index in [1.54, 1.807) is 0 Å². The number of nitrogens with two attached hydrogens (primary N) is 2. The van der Waals surface area contributed by atoms with Crippen LogP contribution < -0.4 is 11.5 Å². The van der Waals surface area contributed by atoms with Gasteiger partial charge in [0, 0.05) is 0 Å². The van der Waals surface area contributed by atoms with Gasteiger partial charge in [0.25, 0.3) is 0 Å². The Morgan fingerprint density at radius 2 is 2.11 bits per heavy atom. The summed E-state index contributed by atoms with van der Waals surface area (Å²) in [5.74, 6) is 0.523. The summed E-state index contributed by atoms with van der Waals surface area (Å²) in [6.07, 6.45) is 7.62. The first kappa shape index (κ1) is 6.78. The van der Waals surface area contributed by atoms with Gasteiger partial charge in [-0.2, -0.15) is 0 Å². The molecule has 2 nitrogen and oxygen atoms in total. The minimum absolute atomic E-state index is 0.116. The molecule has 9 heavy (non-hydrogen) atoms. The van der Waals surface area contributed by atoms with Gasteiger partial charge in [0.1, 0.15) is 0 Å². The molecule has 0 bridgehead atoms. The van der Waals surface area contributed by atoms with Gasteiger partial charge < -0.3 is 11.5 Å². The second-order valence-electron chi connectivity index (χ2n) is 2.62. The molecule has 0 fully saturated rings. The van der Waals surface area contributed by atoms with Crippen LogP contribution in [0.2, 0.25) is 0 Å². The Balaban J connectivity index is 2.35. The molecule has 0 aromatic heterocycles. The molecule has 0 radical (unpaired) electrons. The first-order valence-corrected chi connectivity index (χ1v) is 3.47. The lowest BCUT2D eigenvalue weighted by molar-refractivity contribution is 0.396. The molecule has 0 saturated carbocycles. The maximum atomic E-state index is 5.51. The molecular weight excluding hydrogens is 112 g/mol. The second-order valence-corrected chi connectivity index (χ2v) is 2.62. The molecule has 0 aliphatic heterocycles. The monoisotopic (exact) mass is 126 g/mol. The molecule has 0 spiro atoms. The van der Waals surface area contributed by atoms with Gasteiger partial charge in [-0.05, 0) is 25.2 Å². The van der Waals surface area contributed by atoms with Crippen molar-refractivity contribution in [3.63, 3.8) is 0 Å². The van der Waals surface area contributed by atoms with Crippen LogP contribution in [0.15, 0.2) is 12.2 Å². The highest BCUT2D eigenvalue weighted by Crippen LogP contribution is 2.18. The van der Waals surface area contributed by atoms with Crippen molar-refractivity contribution in [2.45, 2.75) is 25.4 Å². The van der Waals surface area contributed by atoms with Gasteiger partial charge in [-0.15, -0.1) is 0 Å². The van der Waals surface area contributed by atoms with E-state index < -0.39 is 0 Å². The lowest BCUT2D eigenvalue weighted by Crippen LogP contribution is -2.38. The first-order valence-electron chi connectivity index (χ1n) is 3.47. The number of hydrogen-bond donors (Lipinski definition) is 2. The van der Waals surface area contributed by atoms with Crippen LogP contribution in [0.3, 0.4) is 0 Å². The molecular formula is C7H14N2. The zero-order valence-electron chi connectivity index (χ0n) is 5.59. The van der Waals surface area contributed by atoms with Crippen LogP contribution in [0.5, 0.6) is 0 Å². The Labute approximate surface area is 55.9 Å². The number of hydrogen-bond acceptors (Lipinski definition) is 2. The lowest BCUT2D eigenvalue weighted by atomic mass is 9.92. The fourth-order valence-electron chi connectivity index (χ4n) is 1.17. The van der Waals surface area contributed by atoms with E-state index in [-0.39, 0.29) is 6.17 Å². The van der Waals surface area contributed by atoms with E-state index in [4.69, 9.17) is 11.5 Å². The summed E-state index contributed by atoms with van der Waals surface area (Å²) in [7, 11) is 0. The van der Waals surface area contributed by atoms with E-state index in [2.05, 4.69) is 12.2 Å². The van der Waals surface area contributed by atoms with Crippen molar-refractivity contribution in [3.05, 3.63) is 12.2 Å².